The molecule has 0 aliphatic carbocycles. The van der Waals surface area contributed by atoms with Crippen molar-refractivity contribution in [3.63, 3.8) is 0 Å². The molecule has 0 N–H and O–H groups in total. The normalized spacial score (nSPS) is 12.9. The van der Waals surface area contributed by atoms with E-state index < -0.39 is 8.32 Å². The SMILES string of the molecule is CC(C)(C)[Si](C)(C)OCC(CC#CCBr)CCC#CCBr. The molecule has 0 radical (unpaired) electrons. The molecular weight excluding hydrogens is 408 g/mol. The number of alkyl halides is 2. The molecule has 0 rings (SSSR count). The van der Waals surface area contributed by atoms with E-state index in [-0.39, 0.29) is 5.04 Å². The summed E-state index contributed by atoms with van der Waals surface area (Å²) in [6.07, 6.45) is 2.88. The summed E-state index contributed by atoms with van der Waals surface area (Å²) in [7, 11) is -1.67. The van der Waals surface area contributed by atoms with Gasteiger partial charge in [0.1, 0.15) is 0 Å². The molecule has 0 aromatic carbocycles. The number of hydrogen-bond donors (Lipinski definition) is 0. The van der Waals surface area contributed by atoms with Crippen molar-refractivity contribution in [2.24, 2.45) is 5.92 Å². The van der Waals surface area contributed by atoms with Crippen molar-refractivity contribution < 1.29 is 4.43 Å². The Labute approximate surface area is 149 Å². The van der Waals surface area contributed by atoms with Gasteiger partial charge in [-0.15, -0.1) is 11.8 Å². The molecular formula is C17H28Br2OSi. The highest BCUT2D eigenvalue weighted by Crippen LogP contribution is 2.37. The van der Waals surface area contributed by atoms with Crippen LogP contribution in [0.5, 0.6) is 0 Å². The van der Waals surface area contributed by atoms with Crippen LogP contribution < -0.4 is 0 Å². The molecule has 0 heterocycles. The molecule has 1 nitrogen and oxygen atoms in total. The van der Waals surface area contributed by atoms with E-state index in [4.69, 9.17) is 4.43 Å². The van der Waals surface area contributed by atoms with E-state index in [1.165, 1.54) is 0 Å². The Hall–Kier alpha value is 0.257. The van der Waals surface area contributed by atoms with Gasteiger partial charge in [0.2, 0.25) is 0 Å². The van der Waals surface area contributed by atoms with Crippen LogP contribution in [0.1, 0.15) is 40.0 Å². The van der Waals surface area contributed by atoms with Crippen molar-refractivity contribution in [2.75, 3.05) is 17.3 Å². The van der Waals surface area contributed by atoms with Crippen molar-refractivity contribution in [2.45, 2.75) is 58.2 Å². The molecule has 120 valence electrons. The Morgan fingerprint density at radius 2 is 1.57 bits per heavy atom. The minimum absolute atomic E-state index is 0.259. The maximum atomic E-state index is 6.35. The van der Waals surface area contributed by atoms with E-state index in [1.807, 2.05) is 0 Å². The fourth-order valence-corrected chi connectivity index (χ4v) is 2.94. The van der Waals surface area contributed by atoms with Crippen LogP contribution in [0.15, 0.2) is 0 Å². The molecule has 0 saturated carbocycles. The van der Waals surface area contributed by atoms with Crippen LogP contribution in [0.25, 0.3) is 0 Å². The molecule has 0 bridgehead atoms. The smallest absolute Gasteiger partial charge is 0.191 e. The van der Waals surface area contributed by atoms with Crippen molar-refractivity contribution in [3.05, 3.63) is 0 Å². The molecule has 0 aromatic rings. The van der Waals surface area contributed by atoms with Crippen LogP contribution in [-0.2, 0) is 4.43 Å². The van der Waals surface area contributed by atoms with Gasteiger partial charge in [-0.25, -0.2) is 0 Å². The molecule has 0 amide bonds. The van der Waals surface area contributed by atoms with E-state index in [9.17, 15) is 0 Å². The molecule has 4 heteroatoms. The van der Waals surface area contributed by atoms with Gasteiger partial charge in [0.05, 0.1) is 10.7 Å². The topological polar surface area (TPSA) is 9.23 Å². The van der Waals surface area contributed by atoms with Crippen molar-refractivity contribution in [3.8, 4) is 23.7 Å². The molecule has 0 saturated heterocycles. The van der Waals surface area contributed by atoms with Gasteiger partial charge in [-0.3, -0.25) is 0 Å². The average molecular weight is 436 g/mol. The molecule has 0 aliphatic rings. The Morgan fingerprint density at radius 1 is 1.00 bits per heavy atom. The standard InChI is InChI=1S/C17H28Br2OSi/c1-17(2,3)21(4,5)20-15-16(12-8-10-14-19)11-7-6-9-13-18/h16H,7,11-15H2,1-5H3. The van der Waals surface area contributed by atoms with Crippen LogP contribution in [0.3, 0.4) is 0 Å². The van der Waals surface area contributed by atoms with Crippen LogP contribution in [0.4, 0.5) is 0 Å². The lowest BCUT2D eigenvalue weighted by Crippen LogP contribution is -2.42. The van der Waals surface area contributed by atoms with Gasteiger partial charge in [0, 0.05) is 19.4 Å². The highest BCUT2D eigenvalue weighted by Gasteiger charge is 2.37. The van der Waals surface area contributed by atoms with Gasteiger partial charge in [-0.05, 0) is 30.5 Å². The minimum Gasteiger partial charge on any atom is -0.417 e. The number of hydrogen-bond acceptors (Lipinski definition) is 1. The molecule has 0 fully saturated rings. The number of halogens is 2. The zero-order valence-electron chi connectivity index (χ0n) is 14.0. The van der Waals surface area contributed by atoms with Gasteiger partial charge in [0.15, 0.2) is 8.32 Å². The maximum absolute atomic E-state index is 6.35. The summed E-state index contributed by atoms with van der Waals surface area (Å²) in [5.41, 5.74) is 0. The minimum atomic E-state index is -1.67. The van der Waals surface area contributed by atoms with Crippen molar-refractivity contribution in [1.82, 2.24) is 0 Å². The Bertz CT molecular complexity index is 404. The Morgan fingerprint density at radius 3 is 2.10 bits per heavy atom. The molecule has 0 aromatic heterocycles. The lowest BCUT2D eigenvalue weighted by molar-refractivity contribution is 0.224. The first-order chi connectivity index (χ1) is 9.74. The summed E-state index contributed by atoms with van der Waals surface area (Å²) in [5, 5.41) is 1.75. The molecule has 0 aliphatic heterocycles. The van der Waals surface area contributed by atoms with Gasteiger partial charge in [-0.2, -0.15) is 0 Å². The monoisotopic (exact) mass is 434 g/mol. The van der Waals surface area contributed by atoms with Crippen molar-refractivity contribution in [1.29, 1.82) is 0 Å². The third-order valence-corrected chi connectivity index (χ3v) is 9.00. The fourth-order valence-electron chi connectivity index (χ4n) is 1.46. The third kappa shape index (κ3) is 9.79. The van der Waals surface area contributed by atoms with Gasteiger partial charge >= 0.3 is 0 Å². The Balaban J connectivity index is 4.52. The van der Waals surface area contributed by atoms with Crippen LogP contribution in [0.2, 0.25) is 18.1 Å². The average Bonchev–Trinajstić information content (AvgIpc) is 2.39. The highest BCUT2D eigenvalue weighted by atomic mass is 79.9. The summed E-state index contributed by atoms with van der Waals surface area (Å²) in [6.45, 7) is 12.3. The summed E-state index contributed by atoms with van der Waals surface area (Å²) in [4.78, 5) is 0. The molecule has 1 atom stereocenters. The predicted octanol–water partition coefficient (Wildman–Crippen LogP) is 5.59. The summed E-state index contributed by atoms with van der Waals surface area (Å²) in [5.74, 6) is 13.0. The van der Waals surface area contributed by atoms with Crippen LogP contribution >= 0.6 is 31.9 Å². The first-order valence-electron chi connectivity index (χ1n) is 7.42. The third-order valence-electron chi connectivity index (χ3n) is 3.94. The second-order valence-electron chi connectivity index (χ2n) is 6.65. The first kappa shape index (κ1) is 21.3. The molecule has 21 heavy (non-hydrogen) atoms. The second kappa shape index (κ2) is 10.9. The zero-order chi connectivity index (χ0) is 16.4. The maximum Gasteiger partial charge on any atom is 0.191 e. The summed E-state index contributed by atoms with van der Waals surface area (Å²) < 4.78 is 6.35. The number of rotatable bonds is 6. The van der Waals surface area contributed by atoms with E-state index in [2.05, 4.69) is 89.4 Å². The van der Waals surface area contributed by atoms with E-state index >= 15 is 0 Å². The fraction of sp³-hybridized carbons (Fsp3) is 0.765. The lowest BCUT2D eigenvalue weighted by atomic mass is 10.0. The van der Waals surface area contributed by atoms with Gasteiger partial charge in [-0.1, -0.05) is 64.5 Å². The summed E-state index contributed by atoms with van der Waals surface area (Å²) >= 11 is 6.67. The van der Waals surface area contributed by atoms with Crippen molar-refractivity contribution >= 4 is 40.2 Å². The van der Waals surface area contributed by atoms with Crippen LogP contribution in [-0.4, -0.2) is 25.6 Å². The molecule has 0 spiro atoms. The van der Waals surface area contributed by atoms with Gasteiger partial charge in [0.25, 0.3) is 0 Å². The predicted molar refractivity (Wildman–Crippen MR) is 104 cm³/mol. The second-order valence-corrected chi connectivity index (χ2v) is 12.6. The van der Waals surface area contributed by atoms with E-state index in [0.29, 0.717) is 5.92 Å². The van der Waals surface area contributed by atoms with E-state index in [0.717, 1.165) is 36.5 Å². The highest BCUT2D eigenvalue weighted by molar-refractivity contribution is 9.09. The largest absolute Gasteiger partial charge is 0.417 e. The molecule has 1 unspecified atom stereocenters. The summed E-state index contributed by atoms with van der Waals surface area (Å²) in [6, 6.07) is 0. The van der Waals surface area contributed by atoms with Crippen LogP contribution in [0, 0.1) is 29.6 Å². The lowest BCUT2D eigenvalue weighted by Gasteiger charge is -2.37. The zero-order valence-corrected chi connectivity index (χ0v) is 18.2. The first-order valence-corrected chi connectivity index (χ1v) is 12.6. The van der Waals surface area contributed by atoms with Gasteiger partial charge < -0.3 is 4.43 Å². The quantitative estimate of drug-likeness (QED) is 0.300. The van der Waals surface area contributed by atoms with E-state index in [1.54, 1.807) is 0 Å². The Kier molecular flexibility index (Phi) is 11.0.